The molecule has 3 aromatic carbocycles. The van der Waals surface area contributed by atoms with Crippen LogP contribution in [0, 0.1) is 0 Å². The van der Waals surface area contributed by atoms with Gasteiger partial charge >= 0.3 is 11.9 Å². The number of carbonyl (C=O) groups is 3. The van der Waals surface area contributed by atoms with Crippen molar-refractivity contribution in [3.63, 3.8) is 0 Å². The van der Waals surface area contributed by atoms with E-state index in [1.807, 2.05) is 30.3 Å². The van der Waals surface area contributed by atoms with Crippen molar-refractivity contribution in [2.24, 2.45) is 0 Å². The molecule has 144 valence electrons. The first-order valence-corrected chi connectivity index (χ1v) is 8.99. The number of aromatic amines is 1. The van der Waals surface area contributed by atoms with E-state index in [1.165, 1.54) is 13.8 Å². The van der Waals surface area contributed by atoms with Gasteiger partial charge in [-0.25, -0.2) is 0 Å². The largest absolute Gasteiger partial charge is 0.425 e. The molecule has 0 spiro atoms. The topological polar surface area (TPSA) is 85.5 Å². The number of benzene rings is 3. The number of hydrogen-bond acceptors (Lipinski definition) is 5. The van der Waals surface area contributed by atoms with Crippen LogP contribution in [0.5, 0.6) is 11.5 Å². The van der Waals surface area contributed by atoms with Gasteiger partial charge in [-0.15, -0.1) is 0 Å². The van der Waals surface area contributed by atoms with E-state index < -0.39 is 11.9 Å². The maximum absolute atomic E-state index is 12.1. The predicted octanol–water partition coefficient (Wildman–Crippen LogP) is 4.65. The fraction of sp³-hybridized carbons (Fsp3) is 0.0870. The number of nitrogens with one attached hydrogen (secondary N) is 1. The fourth-order valence-electron chi connectivity index (χ4n) is 3.52. The predicted molar refractivity (Wildman–Crippen MR) is 109 cm³/mol. The van der Waals surface area contributed by atoms with Gasteiger partial charge in [0.1, 0.15) is 5.75 Å². The minimum atomic E-state index is -0.518. The molecule has 0 atom stereocenters. The maximum Gasteiger partial charge on any atom is 0.308 e. The van der Waals surface area contributed by atoms with Crippen molar-refractivity contribution in [1.82, 2.24) is 4.98 Å². The minimum absolute atomic E-state index is 0.250. The average molecular weight is 387 g/mol. The van der Waals surface area contributed by atoms with Gasteiger partial charge in [0.2, 0.25) is 0 Å². The zero-order valence-corrected chi connectivity index (χ0v) is 15.8. The van der Waals surface area contributed by atoms with Crippen molar-refractivity contribution < 1.29 is 23.9 Å². The average Bonchev–Trinajstić information content (AvgIpc) is 3.10. The molecule has 0 radical (unpaired) electrons. The zero-order valence-electron chi connectivity index (χ0n) is 15.8. The Kier molecular flexibility index (Phi) is 4.60. The van der Waals surface area contributed by atoms with Gasteiger partial charge in [-0.1, -0.05) is 54.6 Å². The summed E-state index contributed by atoms with van der Waals surface area (Å²) in [6.45, 7) is 2.61. The molecule has 1 heterocycles. The normalized spacial score (nSPS) is 10.8. The molecule has 0 aliphatic rings. The van der Waals surface area contributed by atoms with Gasteiger partial charge < -0.3 is 14.5 Å². The summed E-state index contributed by atoms with van der Waals surface area (Å²) in [7, 11) is 0. The number of hydrogen-bond donors (Lipinski definition) is 1. The van der Waals surface area contributed by atoms with E-state index in [2.05, 4.69) is 4.98 Å². The Hall–Kier alpha value is -3.93. The molecule has 0 saturated carbocycles. The van der Waals surface area contributed by atoms with E-state index >= 15 is 0 Å². The highest BCUT2D eigenvalue weighted by Gasteiger charge is 2.25. The molecule has 0 bridgehead atoms. The summed E-state index contributed by atoms with van der Waals surface area (Å²) < 4.78 is 11.1. The van der Waals surface area contributed by atoms with Crippen LogP contribution in [-0.2, 0) is 9.59 Å². The van der Waals surface area contributed by atoms with Crippen molar-refractivity contribution in [3.05, 3.63) is 60.2 Å². The Morgan fingerprint density at radius 1 is 0.828 bits per heavy atom. The molecule has 1 N–H and O–H groups in total. The van der Waals surface area contributed by atoms with Crippen LogP contribution < -0.4 is 9.47 Å². The zero-order chi connectivity index (χ0) is 20.5. The molecule has 4 rings (SSSR count). The molecular weight excluding hydrogens is 370 g/mol. The van der Waals surface area contributed by atoms with Crippen LogP contribution >= 0.6 is 0 Å². The molecule has 6 heteroatoms. The SMILES string of the molecule is CC(=O)Oc1c2ccccc2c(OC(C)=O)c2c(C=O)c(-c3ccccc3)[nH]c12. The lowest BCUT2D eigenvalue weighted by molar-refractivity contribution is -0.132. The number of esters is 2. The second-order valence-corrected chi connectivity index (χ2v) is 6.54. The van der Waals surface area contributed by atoms with E-state index in [4.69, 9.17) is 9.47 Å². The number of rotatable bonds is 4. The Balaban J connectivity index is 2.21. The molecule has 4 aromatic rings. The van der Waals surface area contributed by atoms with Crippen LogP contribution in [0.3, 0.4) is 0 Å². The third kappa shape index (κ3) is 3.14. The second-order valence-electron chi connectivity index (χ2n) is 6.54. The lowest BCUT2D eigenvalue weighted by Gasteiger charge is -2.13. The van der Waals surface area contributed by atoms with Crippen LogP contribution in [0.15, 0.2) is 54.6 Å². The first kappa shape index (κ1) is 18.4. The Morgan fingerprint density at radius 3 is 1.97 bits per heavy atom. The second kappa shape index (κ2) is 7.24. The number of ether oxygens (including phenoxy) is 2. The smallest absolute Gasteiger partial charge is 0.308 e. The van der Waals surface area contributed by atoms with Crippen LogP contribution in [0.4, 0.5) is 0 Å². The van der Waals surface area contributed by atoms with Gasteiger partial charge in [0, 0.05) is 24.6 Å². The van der Waals surface area contributed by atoms with Gasteiger partial charge in [-0.05, 0) is 5.56 Å². The number of aldehydes is 1. The van der Waals surface area contributed by atoms with Crippen LogP contribution in [0.2, 0.25) is 0 Å². The Morgan fingerprint density at radius 2 is 1.38 bits per heavy atom. The molecule has 0 unspecified atom stereocenters. The third-order valence-corrected chi connectivity index (χ3v) is 4.58. The maximum atomic E-state index is 12.1. The van der Waals surface area contributed by atoms with Crippen molar-refractivity contribution >= 4 is 39.9 Å². The molecular formula is C23H17NO5. The van der Waals surface area contributed by atoms with Crippen LogP contribution in [0.1, 0.15) is 24.2 Å². The van der Waals surface area contributed by atoms with Crippen molar-refractivity contribution in [2.75, 3.05) is 0 Å². The first-order valence-electron chi connectivity index (χ1n) is 8.99. The fourth-order valence-corrected chi connectivity index (χ4v) is 3.52. The highest BCUT2D eigenvalue weighted by molar-refractivity contribution is 6.18. The summed E-state index contributed by atoms with van der Waals surface area (Å²) >= 11 is 0. The number of aromatic nitrogens is 1. The Bertz CT molecular complexity index is 1270. The molecule has 0 aliphatic carbocycles. The van der Waals surface area contributed by atoms with Crippen molar-refractivity contribution in [3.8, 4) is 22.8 Å². The van der Waals surface area contributed by atoms with Gasteiger partial charge in [0.05, 0.1) is 22.2 Å². The van der Waals surface area contributed by atoms with E-state index in [1.54, 1.807) is 24.3 Å². The lowest BCUT2D eigenvalue weighted by Crippen LogP contribution is -2.06. The highest BCUT2D eigenvalue weighted by Crippen LogP contribution is 2.46. The summed E-state index contributed by atoms with van der Waals surface area (Å²) in [4.78, 5) is 39.0. The van der Waals surface area contributed by atoms with Crippen LogP contribution in [0.25, 0.3) is 32.9 Å². The van der Waals surface area contributed by atoms with E-state index in [0.29, 0.717) is 39.2 Å². The van der Waals surface area contributed by atoms with Gasteiger partial charge in [-0.2, -0.15) is 0 Å². The molecule has 0 aliphatic heterocycles. The molecule has 0 amide bonds. The van der Waals surface area contributed by atoms with Crippen LogP contribution in [-0.4, -0.2) is 23.2 Å². The van der Waals surface area contributed by atoms with Gasteiger partial charge in [0.15, 0.2) is 12.0 Å². The molecule has 6 nitrogen and oxygen atoms in total. The highest BCUT2D eigenvalue weighted by atomic mass is 16.5. The summed E-state index contributed by atoms with van der Waals surface area (Å²) in [6, 6.07) is 16.4. The molecule has 0 saturated heterocycles. The summed E-state index contributed by atoms with van der Waals surface area (Å²) in [5, 5.41) is 1.54. The summed E-state index contributed by atoms with van der Waals surface area (Å²) in [5.74, 6) is -0.486. The summed E-state index contributed by atoms with van der Waals surface area (Å²) in [5.41, 5.74) is 2.06. The number of H-pyrrole nitrogens is 1. The van der Waals surface area contributed by atoms with Crippen molar-refractivity contribution in [2.45, 2.75) is 13.8 Å². The number of carbonyl (C=O) groups excluding carboxylic acids is 3. The van der Waals surface area contributed by atoms with Gasteiger partial charge in [0.25, 0.3) is 0 Å². The summed E-state index contributed by atoms with van der Waals surface area (Å²) in [6.07, 6.45) is 0.709. The van der Waals surface area contributed by atoms with E-state index in [0.717, 1.165) is 5.56 Å². The molecule has 0 fully saturated rings. The monoisotopic (exact) mass is 387 g/mol. The third-order valence-electron chi connectivity index (χ3n) is 4.58. The van der Waals surface area contributed by atoms with Crippen molar-refractivity contribution in [1.29, 1.82) is 0 Å². The molecule has 29 heavy (non-hydrogen) atoms. The first-order chi connectivity index (χ1) is 14.0. The lowest BCUT2D eigenvalue weighted by atomic mass is 10.0. The van der Waals surface area contributed by atoms with Gasteiger partial charge in [-0.3, -0.25) is 14.4 Å². The minimum Gasteiger partial charge on any atom is -0.425 e. The number of fused-ring (bicyclic) bond motifs is 2. The molecule has 1 aromatic heterocycles. The van der Waals surface area contributed by atoms with E-state index in [-0.39, 0.29) is 11.5 Å². The Labute approximate surface area is 166 Å². The quantitative estimate of drug-likeness (QED) is 0.313. The van der Waals surface area contributed by atoms with E-state index in [9.17, 15) is 14.4 Å². The standard InChI is InChI=1S/C23H17NO5/c1-13(26)28-22-16-10-6-7-11-17(16)23(29-14(2)27)21-19(22)18(12-25)20(24-21)15-8-4-3-5-9-15/h3-12,24H,1-2H3.